The van der Waals surface area contributed by atoms with Crippen molar-refractivity contribution in [3.8, 4) is 0 Å². The zero-order valence-corrected chi connectivity index (χ0v) is 11.6. The first kappa shape index (κ1) is 14.3. The van der Waals surface area contributed by atoms with Gasteiger partial charge in [-0.3, -0.25) is 0 Å². The van der Waals surface area contributed by atoms with Crippen LogP contribution in [0.5, 0.6) is 0 Å². The summed E-state index contributed by atoms with van der Waals surface area (Å²) in [5.74, 6) is 3.14. The zero-order chi connectivity index (χ0) is 11.9. The SMILES string of the molecule is CCSCCCNCC1(O)CCCC(C)C1. The fourth-order valence-electron chi connectivity index (χ4n) is 2.56. The van der Waals surface area contributed by atoms with E-state index in [1.807, 2.05) is 11.8 Å². The molecule has 0 bridgehead atoms. The molecule has 0 amide bonds. The normalized spacial score (nSPS) is 30.6. The number of rotatable bonds is 7. The highest BCUT2D eigenvalue weighted by atomic mass is 32.2. The van der Waals surface area contributed by atoms with E-state index in [1.54, 1.807) is 0 Å². The third kappa shape index (κ3) is 5.55. The van der Waals surface area contributed by atoms with Crippen molar-refractivity contribution in [1.29, 1.82) is 0 Å². The molecule has 0 aromatic heterocycles. The number of thioether (sulfide) groups is 1. The second-order valence-electron chi connectivity index (χ2n) is 5.15. The average Bonchev–Trinajstić information content (AvgIpc) is 2.23. The van der Waals surface area contributed by atoms with E-state index < -0.39 is 5.60 Å². The summed E-state index contributed by atoms with van der Waals surface area (Å²) in [4.78, 5) is 0. The minimum absolute atomic E-state index is 0.421. The van der Waals surface area contributed by atoms with Crippen molar-refractivity contribution in [3.05, 3.63) is 0 Å². The van der Waals surface area contributed by atoms with Gasteiger partial charge in [0.1, 0.15) is 0 Å². The Kier molecular flexibility index (Phi) is 6.78. The van der Waals surface area contributed by atoms with Crippen LogP contribution < -0.4 is 5.32 Å². The molecule has 0 radical (unpaired) electrons. The van der Waals surface area contributed by atoms with Crippen molar-refractivity contribution in [2.75, 3.05) is 24.6 Å². The lowest BCUT2D eigenvalue weighted by Gasteiger charge is -2.35. The van der Waals surface area contributed by atoms with E-state index in [0.29, 0.717) is 5.92 Å². The standard InChI is InChI=1S/C13H27NOS/c1-3-16-9-5-8-14-11-13(15)7-4-6-12(2)10-13/h12,14-15H,3-11H2,1-2H3. The molecule has 2 unspecified atom stereocenters. The third-order valence-electron chi connectivity index (χ3n) is 3.37. The predicted octanol–water partition coefficient (Wildman–Crippen LogP) is 2.66. The Morgan fingerprint density at radius 2 is 2.31 bits per heavy atom. The van der Waals surface area contributed by atoms with Gasteiger partial charge in [-0.05, 0) is 43.2 Å². The molecule has 0 heterocycles. The van der Waals surface area contributed by atoms with Crippen molar-refractivity contribution in [1.82, 2.24) is 5.32 Å². The van der Waals surface area contributed by atoms with E-state index in [1.165, 1.54) is 30.8 Å². The molecule has 1 aliphatic carbocycles. The highest BCUT2D eigenvalue weighted by Crippen LogP contribution is 2.31. The monoisotopic (exact) mass is 245 g/mol. The van der Waals surface area contributed by atoms with Gasteiger partial charge < -0.3 is 10.4 Å². The molecule has 1 aliphatic rings. The van der Waals surface area contributed by atoms with E-state index in [-0.39, 0.29) is 0 Å². The Labute approximate surface area is 105 Å². The van der Waals surface area contributed by atoms with Crippen molar-refractivity contribution in [3.63, 3.8) is 0 Å². The molecule has 0 aromatic rings. The van der Waals surface area contributed by atoms with Crippen LogP contribution in [-0.4, -0.2) is 35.3 Å². The first-order valence-electron chi connectivity index (χ1n) is 6.67. The van der Waals surface area contributed by atoms with Gasteiger partial charge in [-0.2, -0.15) is 11.8 Å². The van der Waals surface area contributed by atoms with E-state index in [2.05, 4.69) is 19.2 Å². The summed E-state index contributed by atoms with van der Waals surface area (Å²) in [7, 11) is 0. The molecule has 3 heteroatoms. The number of hydrogen-bond acceptors (Lipinski definition) is 3. The molecule has 96 valence electrons. The Morgan fingerprint density at radius 3 is 3.00 bits per heavy atom. The summed E-state index contributed by atoms with van der Waals surface area (Å²) in [6, 6.07) is 0. The van der Waals surface area contributed by atoms with E-state index in [4.69, 9.17) is 0 Å². The van der Waals surface area contributed by atoms with Gasteiger partial charge in [-0.15, -0.1) is 0 Å². The second kappa shape index (κ2) is 7.57. The maximum Gasteiger partial charge on any atom is 0.0774 e. The summed E-state index contributed by atoms with van der Waals surface area (Å²) >= 11 is 1.99. The van der Waals surface area contributed by atoms with Crippen LogP contribution in [0.1, 0.15) is 46.0 Å². The van der Waals surface area contributed by atoms with Gasteiger partial charge in [0.25, 0.3) is 0 Å². The second-order valence-corrected chi connectivity index (χ2v) is 6.55. The first-order valence-corrected chi connectivity index (χ1v) is 7.82. The van der Waals surface area contributed by atoms with Gasteiger partial charge in [-0.1, -0.05) is 26.7 Å². The fraction of sp³-hybridized carbons (Fsp3) is 1.00. The third-order valence-corrected chi connectivity index (χ3v) is 4.35. The van der Waals surface area contributed by atoms with Gasteiger partial charge in [0.05, 0.1) is 5.60 Å². The number of nitrogens with one attached hydrogen (secondary N) is 1. The first-order chi connectivity index (χ1) is 7.66. The minimum atomic E-state index is -0.421. The summed E-state index contributed by atoms with van der Waals surface area (Å²) in [5.41, 5.74) is -0.421. The number of hydrogen-bond donors (Lipinski definition) is 2. The van der Waals surface area contributed by atoms with E-state index in [9.17, 15) is 5.11 Å². The van der Waals surface area contributed by atoms with Crippen LogP contribution in [-0.2, 0) is 0 Å². The van der Waals surface area contributed by atoms with E-state index >= 15 is 0 Å². The van der Waals surface area contributed by atoms with Crippen LogP contribution in [0.15, 0.2) is 0 Å². The van der Waals surface area contributed by atoms with Crippen LogP contribution in [0.4, 0.5) is 0 Å². The van der Waals surface area contributed by atoms with Crippen molar-refractivity contribution >= 4 is 11.8 Å². The molecular weight excluding hydrogens is 218 g/mol. The predicted molar refractivity (Wildman–Crippen MR) is 73.1 cm³/mol. The molecule has 1 saturated carbocycles. The van der Waals surface area contributed by atoms with Gasteiger partial charge in [0, 0.05) is 6.54 Å². The molecule has 0 aromatic carbocycles. The lowest BCUT2D eigenvalue weighted by atomic mass is 9.79. The average molecular weight is 245 g/mol. The van der Waals surface area contributed by atoms with Crippen molar-refractivity contribution < 1.29 is 5.11 Å². The molecule has 0 aliphatic heterocycles. The largest absolute Gasteiger partial charge is 0.389 e. The zero-order valence-electron chi connectivity index (χ0n) is 10.8. The summed E-state index contributed by atoms with van der Waals surface area (Å²) in [5, 5.41) is 13.8. The van der Waals surface area contributed by atoms with Gasteiger partial charge >= 0.3 is 0 Å². The Bertz CT molecular complexity index is 189. The molecule has 2 atom stereocenters. The molecule has 2 nitrogen and oxygen atoms in total. The van der Waals surface area contributed by atoms with Crippen LogP contribution in [0.25, 0.3) is 0 Å². The topological polar surface area (TPSA) is 32.3 Å². The smallest absolute Gasteiger partial charge is 0.0774 e. The van der Waals surface area contributed by atoms with Crippen LogP contribution >= 0.6 is 11.8 Å². The lowest BCUT2D eigenvalue weighted by molar-refractivity contribution is -0.0115. The summed E-state index contributed by atoms with van der Waals surface area (Å²) in [6.07, 6.45) is 5.64. The molecule has 1 fully saturated rings. The maximum absolute atomic E-state index is 10.4. The highest BCUT2D eigenvalue weighted by molar-refractivity contribution is 7.99. The van der Waals surface area contributed by atoms with Gasteiger partial charge in [-0.25, -0.2) is 0 Å². The van der Waals surface area contributed by atoms with Crippen LogP contribution in [0.3, 0.4) is 0 Å². The van der Waals surface area contributed by atoms with Crippen molar-refractivity contribution in [2.24, 2.45) is 5.92 Å². The van der Waals surface area contributed by atoms with Crippen LogP contribution in [0.2, 0.25) is 0 Å². The molecule has 16 heavy (non-hydrogen) atoms. The lowest BCUT2D eigenvalue weighted by Crippen LogP contribution is -2.44. The molecule has 2 N–H and O–H groups in total. The van der Waals surface area contributed by atoms with Gasteiger partial charge in [0.15, 0.2) is 0 Å². The highest BCUT2D eigenvalue weighted by Gasteiger charge is 2.31. The fourth-order valence-corrected chi connectivity index (χ4v) is 3.19. The van der Waals surface area contributed by atoms with E-state index in [0.717, 1.165) is 25.9 Å². The number of aliphatic hydroxyl groups is 1. The van der Waals surface area contributed by atoms with Crippen molar-refractivity contribution in [2.45, 2.75) is 51.6 Å². The Balaban J connectivity index is 2.06. The van der Waals surface area contributed by atoms with Crippen LogP contribution in [0, 0.1) is 5.92 Å². The minimum Gasteiger partial charge on any atom is -0.389 e. The molecular formula is C13H27NOS. The quantitative estimate of drug-likeness (QED) is 0.676. The molecule has 0 spiro atoms. The Morgan fingerprint density at radius 1 is 1.50 bits per heavy atom. The Hall–Kier alpha value is 0.270. The summed E-state index contributed by atoms with van der Waals surface area (Å²) in [6.45, 7) is 6.28. The van der Waals surface area contributed by atoms with Gasteiger partial charge in [0.2, 0.25) is 0 Å². The molecule has 0 saturated heterocycles. The maximum atomic E-state index is 10.4. The summed E-state index contributed by atoms with van der Waals surface area (Å²) < 4.78 is 0. The molecule has 1 rings (SSSR count).